The normalized spacial score (nSPS) is 18.5. The number of amides is 1. The van der Waals surface area contributed by atoms with Gasteiger partial charge in [-0.05, 0) is 62.6 Å². The van der Waals surface area contributed by atoms with Crippen LogP contribution in [0, 0.1) is 0 Å². The van der Waals surface area contributed by atoms with Gasteiger partial charge >= 0.3 is 6.18 Å². The lowest BCUT2D eigenvalue weighted by atomic mass is 10.0. The van der Waals surface area contributed by atoms with E-state index in [1.807, 2.05) is 19.1 Å². The summed E-state index contributed by atoms with van der Waals surface area (Å²) in [4.78, 5) is 21.8. The third-order valence-corrected chi connectivity index (χ3v) is 6.35. The Bertz CT molecular complexity index is 1150. The van der Waals surface area contributed by atoms with Gasteiger partial charge in [0.15, 0.2) is 0 Å². The third-order valence-electron chi connectivity index (χ3n) is 6.35. The number of pyridine rings is 1. The van der Waals surface area contributed by atoms with Crippen molar-refractivity contribution in [3.63, 3.8) is 0 Å². The fraction of sp³-hybridized carbons (Fsp3) is 0.375. The second-order valence-corrected chi connectivity index (χ2v) is 8.61. The maximum absolute atomic E-state index is 13.4. The third kappa shape index (κ3) is 4.38. The van der Waals surface area contributed by atoms with Gasteiger partial charge in [-0.1, -0.05) is 0 Å². The van der Waals surface area contributed by atoms with E-state index in [1.165, 1.54) is 23.5 Å². The lowest BCUT2D eigenvalue weighted by molar-refractivity contribution is -0.137. The highest BCUT2D eigenvalue weighted by atomic mass is 32.1. The number of carbonyl (C=O) groups excluding carboxylic acids is 1. The Kier molecular flexibility index (Phi) is 6.62. The number of anilines is 2. The lowest BCUT2D eigenvalue weighted by Gasteiger charge is -2.32. The molecule has 0 aliphatic carbocycles. The highest BCUT2D eigenvalue weighted by molar-refractivity contribution is 7.59. The number of piperidine rings is 1. The van der Waals surface area contributed by atoms with Gasteiger partial charge in [-0.2, -0.15) is 31.8 Å². The molecule has 2 aliphatic rings. The predicted octanol–water partition coefficient (Wildman–Crippen LogP) is 5.29. The Morgan fingerprint density at radius 2 is 1.68 bits per heavy atom. The van der Waals surface area contributed by atoms with Gasteiger partial charge in [0.1, 0.15) is 11.5 Å². The number of nitrogens with zero attached hydrogens (tertiary/aromatic N) is 5. The first-order chi connectivity index (χ1) is 15.8. The molecule has 4 heterocycles. The maximum Gasteiger partial charge on any atom is 0.416 e. The molecule has 180 valence electrons. The van der Waals surface area contributed by atoms with Gasteiger partial charge in [-0.3, -0.25) is 9.48 Å². The van der Waals surface area contributed by atoms with Gasteiger partial charge in [-0.25, -0.2) is 4.98 Å². The largest absolute Gasteiger partial charge is 0.416 e. The van der Waals surface area contributed by atoms with Crippen molar-refractivity contribution in [3.05, 3.63) is 60.0 Å². The Balaban J connectivity index is 0.00000274. The molecule has 2 aliphatic heterocycles. The minimum atomic E-state index is -4.42. The first kappa shape index (κ1) is 24.1. The Morgan fingerprint density at radius 1 is 0.971 bits per heavy atom. The highest BCUT2D eigenvalue weighted by Gasteiger charge is 2.35. The number of hydrogen-bond acceptors (Lipinski definition) is 4. The molecule has 6 nitrogen and oxygen atoms in total. The molecule has 3 aromatic rings. The zero-order valence-electron chi connectivity index (χ0n) is 18.7. The molecule has 0 unspecified atom stereocenters. The Morgan fingerprint density at radius 3 is 2.29 bits per heavy atom. The van der Waals surface area contributed by atoms with Crippen molar-refractivity contribution in [2.75, 3.05) is 29.4 Å². The van der Waals surface area contributed by atoms with Crippen LogP contribution in [0.5, 0.6) is 0 Å². The second kappa shape index (κ2) is 9.32. The summed E-state index contributed by atoms with van der Waals surface area (Å²) in [6.07, 6.45) is 2.57. The number of aromatic nitrogens is 3. The number of alkyl halides is 3. The molecule has 1 fully saturated rings. The van der Waals surface area contributed by atoms with Crippen LogP contribution in [0.15, 0.2) is 48.8 Å². The molecule has 0 radical (unpaired) electrons. The molecule has 1 amide bonds. The summed E-state index contributed by atoms with van der Waals surface area (Å²) < 4.78 is 40.5. The van der Waals surface area contributed by atoms with E-state index in [0.717, 1.165) is 49.4 Å². The van der Waals surface area contributed by atoms with E-state index < -0.39 is 11.7 Å². The number of carbonyl (C=O) groups is 1. The average molecular weight is 490 g/mol. The number of benzene rings is 1. The van der Waals surface area contributed by atoms with Crippen LogP contribution in [0.3, 0.4) is 0 Å². The number of hydrogen-bond donors (Lipinski definition) is 0. The molecule has 0 bridgehead atoms. The zero-order valence-corrected chi connectivity index (χ0v) is 19.7. The monoisotopic (exact) mass is 489 g/mol. The molecule has 1 atom stereocenters. The first-order valence-corrected chi connectivity index (χ1v) is 11.1. The van der Waals surface area contributed by atoms with Crippen molar-refractivity contribution in [1.82, 2.24) is 14.8 Å². The van der Waals surface area contributed by atoms with Crippen molar-refractivity contribution in [2.45, 2.75) is 38.4 Å². The topological polar surface area (TPSA) is 54.3 Å². The van der Waals surface area contributed by atoms with E-state index in [9.17, 15) is 18.0 Å². The molecule has 1 saturated heterocycles. The van der Waals surface area contributed by atoms with Crippen LogP contribution in [0.4, 0.5) is 24.7 Å². The summed E-state index contributed by atoms with van der Waals surface area (Å²) >= 11 is 0. The van der Waals surface area contributed by atoms with Gasteiger partial charge in [-0.15, -0.1) is 0 Å². The summed E-state index contributed by atoms with van der Waals surface area (Å²) in [5, 5.41) is 4.43. The summed E-state index contributed by atoms with van der Waals surface area (Å²) in [7, 11) is 0. The quantitative estimate of drug-likeness (QED) is 0.502. The maximum atomic E-state index is 13.4. The average Bonchev–Trinajstić information content (AvgIpc) is 3.28. The highest BCUT2D eigenvalue weighted by Crippen LogP contribution is 2.35. The molecule has 34 heavy (non-hydrogen) atoms. The fourth-order valence-electron chi connectivity index (χ4n) is 4.58. The SMILES string of the molecule is C[C@H]1CN(c2ccc(C(F)(F)F)cc2)C(=O)c2c(-c3ccc(N4CCCCC4)nc3)cnn21.S. The van der Waals surface area contributed by atoms with E-state index in [2.05, 4.69) is 15.0 Å². The van der Waals surface area contributed by atoms with Crippen LogP contribution in [0.2, 0.25) is 0 Å². The van der Waals surface area contributed by atoms with Gasteiger partial charge in [0, 0.05) is 42.6 Å². The molecule has 1 aromatic carbocycles. The molecular formula is C24H26F3N5OS. The van der Waals surface area contributed by atoms with Crippen molar-refractivity contribution >= 4 is 30.9 Å². The lowest BCUT2D eigenvalue weighted by Crippen LogP contribution is -2.42. The molecule has 2 aromatic heterocycles. The molecule has 0 spiro atoms. The van der Waals surface area contributed by atoms with Crippen LogP contribution in [-0.4, -0.2) is 40.3 Å². The van der Waals surface area contributed by atoms with E-state index in [4.69, 9.17) is 0 Å². The van der Waals surface area contributed by atoms with E-state index in [0.29, 0.717) is 23.5 Å². The Hall–Kier alpha value is -3.01. The molecule has 0 N–H and O–H groups in total. The van der Waals surface area contributed by atoms with E-state index in [-0.39, 0.29) is 25.4 Å². The van der Waals surface area contributed by atoms with Crippen LogP contribution in [0.1, 0.15) is 48.3 Å². The second-order valence-electron chi connectivity index (χ2n) is 8.61. The summed E-state index contributed by atoms with van der Waals surface area (Å²) in [6.45, 7) is 4.24. The predicted molar refractivity (Wildman–Crippen MR) is 130 cm³/mol. The minimum Gasteiger partial charge on any atom is -0.357 e. The molecule has 0 saturated carbocycles. The smallest absolute Gasteiger partial charge is 0.357 e. The molecule has 5 rings (SSSR count). The number of rotatable bonds is 3. The van der Waals surface area contributed by atoms with E-state index >= 15 is 0 Å². The van der Waals surface area contributed by atoms with E-state index in [1.54, 1.807) is 17.1 Å². The zero-order chi connectivity index (χ0) is 23.2. The van der Waals surface area contributed by atoms with Crippen molar-refractivity contribution in [1.29, 1.82) is 0 Å². The minimum absolute atomic E-state index is 0. The standard InChI is InChI=1S/C24H24F3N5O.H2S/c1-16-15-31(19-8-6-18(7-9-19)24(25,26)27)23(33)22-20(14-29-32(16)22)17-5-10-21(28-13-17)30-11-3-2-4-12-30;/h5-10,13-14,16H,2-4,11-12,15H2,1H3;1H2/t16-;/m0./s1. The summed E-state index contributed by atoms with van der Waals surface area (Å²) in [5.74, 6) is 0.631. The summed E-state index contributed by atoms with van der Waals surface area (Å²) in [6, 6.07) is 8.47. The molecular weight excluding hydrogens is 463 g/mol. The van der Waals surface area contributed by atoms with Crippen LogP contribution in [-0.2, 0) is 6.18 Å². The number of fused-ring (bicyclic) bond motifs is 1. The first-order valence-electron chi connectivity index (χ1n) is 11.1. The number of halogens is 3. The Labute approximate surface area is 202 Å². The summed E-state index contributed by atoms with van der Waals surface area (Å²) in [5.41, 5.74) is 1.56. The van der Waals surface area contributed by atoms with Crippen molar-refractivity contribution < 1.29 is 18.0 Å². The van der Waals surface area contributed by atoms with Crippen LogP contribution < -0.4 is 9.80 Å². The van der Waals surface area contributed by atoms with Crippen LogP contribution >= 0.6 is 13.5 Å². The van der Waals surface area contributed by atoms with Gasteiger partial charge in [0.25, 0.3) is 5.91 Å². The van der Waals surface area contributed by atoms with Gasteiger partial charge in [0.05, 0.1) is 17.8 Å². The van der Waals surface area contributed by atoms with Gasteiger partial charge < -0.3 is 9.80 Å². The fourth-order valence-corrected chi connectivity index (χ4v) is 4.58. The van der Waals surface area contributed by atoms with Crippen LogP contribution in [0.25, 0.3) is 11.1 Å². The molecule has 10 heteroatoms. The van der Waals surface area contributed by atoms with Crippen molar-refractivity contribution in [3.8, 4) is 11.1 Å². The van der Waals surface area contributed by atoms with Gasteiger partial charge in [0.2, 0.25) is 0 Å². The van der Waals surface area contributed by atoms with Crippen molar-refractivity contribution in [2.24, 2.45) is 0 Å².